The Morgan fingerprint density at radius 3 is 2.90 bits per heavy atom. The van der Waals surface area contributed by atoms with Crippen LogP contribution >= 0.6 is 11.6 Å². The zero-order chi connectivity index (χ0) is 15.0. The smallest absolute Gasteiger partial charge is 0.232 e. The van der Waals surface area contributed by atoms with Crippen LogP contribution in [0.3, 0.4) is 0 Å². The third-order valence-corrected chi connectivity index (χ3v) is 2.68. The van der Waals surface area contributed by atoms with E-state index < -0.39 is 0 Å². The standard InChI is InChI=1S/C14H23ClN4O/c1-4-5-17-14(16)19-8-11-6-12(15)13(18-7-11)20-9-10(2)3/h6-7,10H,4-5,8-9H2,1-3H3,(H3,16,17,19). The molecule has 0 radical (unpaired) electrons. The molecular formula is C14H23ClN4O. The maximum atomic E-state index is 6.13. The minimum Gasteiger partial charge on any atom is -0.476 e. The SMILES string of the molecule is CCCNC(N)=NCc1cnc(OCC(C)C)c(Cl)c1. The van der Waals surface area contributed by atoms with Crippen LogP contribution in [0.4, 0.5) is 0 Å². The molecule has 112 valence electrons. The second kappa shape index (κ2) is 8.64. The molecule has 0 aliphatic carbocycles. The molecule has 0 atom stereocenters. The first-order valence-corrected chi connectivity index (χ1v) is 7.21. The van der Waals surface area contributed by atoms with Gasteiger partial charge in [-0.2, -0.15) is 0 Å². The second-order valence-corrected chi connectivity index (χ2v) is 5.37. The number of nitrogens with two attached hydrogens (primary N) is 1. The number of pyridine rings is 1. The number of halogens is 1. The molecule has 0 aliphatic heterocycles. The van der Waals surface area contributed by atoms with Crippen molar-refractivity contribution in [2.24, 2.45) is 16.6 Å². The highest BCUT2D eigenvalue weighted by Crippen LogP contribution is 2.23. The number of nitrogens with zero attached hydrogens (tertiary/aromatic N) is 2. The molecule has 20 heavy (non-hydrogen) atoms. The fourth-order valence-corrected chi connectivity index (χ4v) is 1.63. The molecule has 3 N–H and O–H groups in total. The van der Waals surface area contributed by atoms with E-state index in [1.807, 2.05) is 0 Å². The highest BCUT2D eigenvalue weighted by Gasteiger charge is 2.06. The summed E-state index contributed by atoms with van der Waals surface area (Å²) in [5.74, 6) is 1.33. The summed E-state index contributed by atoms with van der Waals surface area (Å²) >= 11 is 6.13. The molecule has 0 saturated carbocycles. The lowest BCUT2D eigenvalue weighted by Crippen LogP contribution is -2.32. The third kappa shape index (κ3) is 6.10. The Kier molecular flexibility index (Phi) is 7.15. The van der Waals surface area contributed by atoms with Gasteiger partial charge >= 0.3 is 0 Å². The summed E-state index contributed by atoms with van der Waals surface area (Å²) in [5.41, 5.74) is 6.61. The fraction of sp³-hybridized carbons (Fsp3) is 0.571. The summed E-state index contributed by atoms with van der Waals surface area (Å²) in [6.07, 6.45) is 2.71. The van der Waals surface area contributed by atoms with E-state index in [0.717, 1.165) is 18.5 Å². The van der Waals surface area contributed by atoms with Crippen molar-refractivity contribution in [3.63, 3.8) is 0 Å². The van der Waals surface area contributed by atoms with Crippen molar-refractivity contribution in [3.05, 3.63) is 22.8 Å². The largest absolute Gasteiger partial charge is 0.476 e. The number of aliphatic imine (C=N–C) groups is 1. The molecule has 0 bridgehead atoms. The molecule has 1 aromatic heterocycles. The van der Waals surface area contributed by atoms with Crippen LogP contribution < -0.4 is 15.8 Å². The zero-order valence-corrected chi connectivity index (χ0v) is 13.1. The predicted molar refractivity (Wildman–Crippen MR) is 83.2 cm³/mol. The highest BCUT2D eigenvalue weighted by atomic mass is 35.5. The normalized spacial score (nSPS) is 11.8. The summed E-state index contributed by atoms with van der Waals surface area (Å²) in [5, 5.41) is 3.51. The van der Waals surface area contributed by atoms with Crippen molar-refractivity contribution in [1.29, 1.82) is 0 Å². The Morgan fingerprint density at radius 1 is 1.55 bits per heavy atom. The van der Waals surface area contributed by atoms with Crippen LogP contribution in [-0.4, -0.2) is 24.1 Å². The summed E-state index contributed by atoms with van der Waals surface area (Å²) in [7, 11) is 0. The molecule has 0 aliphatic rings. The van der Waals surface area contributed by atoms with Gasteiger partial charge in [-0.25, -0.2) is 9.98 Å². The van der Waals surface area contributed by atoms with Gasteiger partial charge in [-0.05, 0) is 24.0 Å². The number of aromatic nitrogens is 1. The third-order valence-electron chi connectivity index (χ3n) is 2.41. The van der Waals surface area contributed by atoms with E-state index in [2.05, 4.69) is 36.1 Å². The van der Waals surface area contributed by atoms with Gasteiger partial charge in [-0.1, -0.05) is 32.4 Å². The molecule has 1 rings (SSSR count). The van der Waals surface area contributed by atoms with Crippen molar-refractivity contribution >= 4 is 17.6 Å². The lowest BCUT2D eigenvalue weighted by Gasteiger charge is -2.09. The lowest BCUT2D eigenvalue weighted by atomic mass is 10.2. The Labute approximate surface area is 125 Å². The molecule has 0 amide bonds. The highest BCUT2D eigenvalue weighted by molar-refractivity contribution is 6.31. The molecule has 6 heteroatoms. The van der Waals surface area contributed by atoms with Crippen LogP contribution in [0, 0.1) is 5.92 Å². The van der Waals surface area contributed by atoms with Crippen molar-refractivity contribution < 1.29 is 4.74 Å². The van der Waals surface area contributed by atoms with E-state index in [0.29, 0.717) is 35.9 Å². The maximum Gasteiger partial charge on any atom is 0.232 e. The van der Waals surface area contributed by atoms with E-state index in [4.69, 9.17) is 22.1 Å². The van der Waals surface area contributed by atoms with Crippen LogP contribution in [0.1, 0.15) is 32.8 Å². The molecular weight excluding hydrogens is 276 g/mol. The van der Waals surface area contributed by atoms with Gasteiger partial charge in [0.1, 0.15) is 5.02 Å². The first-order chi connectivity index (χ1) is 9.52. The van der Waals surface area contributed by atoms with E-state index in [-0.39, 0.29) is 0 Å². The first kappa shape index (κ1) is 16.6. The Morgan fingerprint density at radius 2 is 2.30 bits per heavy atom. The van der Waals surface area contributed by atoms with E-state index in [1.54, 1.807) is 12.3 Å². The van der Waals surface area contributed by atoms with Gasteiger partial charge in [0, 0.05) is 12.7 Å². The number of hydrogen-bond acceptors (Lipinski definition) is 3. The summed E-state index contributed by atoms with van der Waals surface area (Å²) in [6.45, 7) is 8.07. The summed E-state index contributed by atoms with van der Waals surface area (Å²) in [4.78, 5) is 8.43. The Bertz CT molecular complexity index is 449. The molecule has 0 aromatic carbocycles. The van der Waals surface area contributed by atoms with Gasteiger partial charge in [0.25, 0.3) is 0 Å². The van der Waals surface area contributed by atoms with Crippen molar-refractivity contribution in [2.45, 2.75) is 33.7 Å². The van der Waals surface area contributed by atoms with Gasteiger partial charge in [-0.15, -0.1) is 0 Å². The van der Waals surface area contributed by atoms with E-state index in [1.165, 1.54) is 0 Å². The molecule has 1 aromatic rings. The van der Waals surface area contributed by atoms with Crippen LogP contribution in [0.2, 0.25) is 5.02 Å². The second-order valence-electron chi connectivity index (χ2n) is 4.96. The molecule has 5 nitrogen and oxygen atoms in total. The topological polar surface area (TPSA) is 72.5 Å². The van der Waals surface area contributed by atoms with Gasteiger partial charge in [-0.3, -0.25) is 0 Å². The lowest BCUT2D eigenvalue weighted by molar-refractivity contribution is 0.261. The average Bonchev–Trinajstić information content (AvgIpc) is 2.41. The van der Waals surface area contributed by atoms with Gasteiger partial charge in [0.15, 0.2) is 5.96 Å². The minimum absolute atomic E-state index is 0.432. The molecule has 0 spiro atoms. The monoisotopic (exact) mass is 298 g/mol. The number of nitrogens with one attached hydrogen (secondary N) is 1. The summed E-state index contributed by atoms with van der Waals surface area (Å²) in [6, 6.07) is 1.81. The van der Waals surface area contributed by atoms with E-state index >= 15 is 0 Å². The van der Waals surface area contributed by atoms with E-state index in [9.17, 15) is 0 Å². The van der Waals surface area contributed by atoms with Gasteiger partial charge in [0.2, 0.25) is 5.88 Å². The summed E-state index contributed by atoms with van der Waals surface area (Å²) < 4.78 is 5.52. The fourth-order valence-electron chi connectivity index (χ4n) is 1.39. The van der Waals surface area contributed by atoms with Gasteiger partial charge < -0.3 is 15.8 Å². The zero-order valence-electron chi connectivity index (χ0n) is 12.3. The number of rotatable bonds is 7. The molecule has 1 heterocycles. The van der Waals surface area contributed by atoms with Crippen LogP contribution in [0.5, 0.6) is 5.88 Å². The first-order valence-electron chi connectivity index (χ1n) is 6.84. The average molecular weight is 299 g/mol. The van der Waals surface area contributed by atoms with Gasteiger partial charge in [0.05, 0.1) is 13.2 Å². The number of guanidine groups is 1. The molecule has 0 fully saturated rings. The predicted octanol–water partition coefficient (Wildman–Crippen LogP) is 2.58. The van der Waals surface area contributed by atoms with Crippen molar-refractivity contribution in [3.8, 4) is 5.88 Å². The van der Waals surface area contributed by atoms with Crippen LogP contribution in [0.25, 0.3) is 0 Å². The Balaban J connectivity index is 2.58. The number of hydrogen-bond donors (Lipinski definition) is 2. The Hall–Kier alpha value is -1.49. The van der Waals surface area contributed by atoms with Crippen LogP contribution in [0.15, 0.2) is 17.3 Å². The maximum absolute atomic E-state index is 6.13. The van der Waals surface area contributed by atoms with Crippen molar-refractivity contribution in [1.82, 2.24) is 10.3 Å². The molecule has 0 saturated heterocycles. The number of ether oxygens (including phenoxy) is 1. The van der Waals surface area contributed by atoms with Crippen molar-refractivity contribution in [2.75, 3.05) is 13.2 Å². The molecule has 0 unspecified atom stereocenters. The van der Waals surface area contributed by atoms with Crippen LogP contribution in [-0.2, 0) is 6.54 Å². The minimum atomic E-state index is 0.432. The quantitative estimate of drug-likeness (QED) is 0.599.